The lowest BCUT2D eigenvalue weighted by Gasteiger charge is -2.07. The molecule has 0 spiro atoms. The third-order valence-corrected chi connectivity index (χ3v) is 5.10. The van der Waals surface area contributed by atoms with Crippen LogP contribution in [0, 0.1) is 0 Å². The van der Waals surface area contributed by atoms with Crippen LogP contribution in [0.3, 0.4) is 0 Å². The fourth-order valence-corrected chi connectivity index (χ4v) is 3.74. The number of hydrogen-bond acceptors (Lipinski definition) is 4. The molecule has 2 rings (SSSR count). The topological polar surface area (TPSA) is 73.1 Å². The first-order chi connectivity index (χ1) is 8.88. The molecule has 0 aliphatic rings. The Hall–Kier alpha value is -0.920. The maximum Gasteiger partial charge on any atom is 0.186 e. The normalized spacial score (nSPS) is 11.5. The van der Waals surface area contributed by atoms with Crippen molar-refractivity contribution in [2.75, 3.05) is 5.73 Å². The van der Waals surface area contributed by atoms with Gasteiger partial charge in [-0.15, -0.1) is 0 Å². The molecular weight excluding hydrogens is 396 g/mol. The fraction of sp³-hybridized carbons (Fsp3) is 0.0833. The van der Waals surface area contributed by atoms with Gasteiger partial charge in [0.05, 0.1) is 22.0 Å². The molecule has 100 valence electrons. The van der Waals surface area contributed by atoms with Crippen LogP contribution in [-0.2, 0) is 15.6 Å². The third kappa shape index (κ3) is 3.55. The molecule has 0 unspecified atom stereocenters. The van der Waals surface area contributed by atoms with Gasteiger partial charge in [-0.3, -0.25) is 4.98 Å². The minimum Gasteiger partial charge on any atom is -0.398 e. The monoisotopic (exact) mass is 404 g/mol. The molecular formula is C12H10Br2N2O2S. The number of nitrogens with zero attached hydrogens (tertiary/aromatic N) is 1. The Morgan fingerprint density at radius 1 is 1.11 bits per heavy atom. The standard InChI is InChI=1S/C12H10Br2N2O2S/c13-8-2-4-11(15)12(5-8)19(17,18)7-10-3-1-9(14)6-16-10/h1-6H,7,15H2. The van der Waals surface area contributed by atoms with Crippen LogP contribution >= 0.6 is 31.9 Å². The Labute approximate surface area is 128 Å². The molecule has 0 bridgehead atoms. The molecule has 0 saturated carbocycles. The molecule has 0 amide bonds. The Morgan fingerprint density at radius 3 is 2.42 bits per heavy atom. The van der Waals surface area contributed by atoms with Gasteiger partial charge >= 0.3 is 0 Å². The Balaban J connectivity index is 2.37. The summed E-state index contributed by atoms with van der Waals surface area (Å²) < 4.78 is 26.1. The van der Waals surface area contributed by atoms with Crippen molar-refractivity contribution in [3.05, 3.63) is 51.2 Å². The first-order valence-electron chi connectivity index (χ1n) is 5.27. The average Bonchev–Trinajstić information content (AvgIpc) is 2.35. The molecule has 0 atom stereocenters. The van der Waals surface area contributed by atoms with Crippen molar-refractivity contribution >= 4 is 47.4 Å². The number of nitrogen functional groups attached to an aromatic ring is 1. The van der Waals surface area contributed by atoms with Crippen LogP contribution in [0.5, 0.6) is 0 Å². The zero-order valence-electron chi connectivity index (χ0n) is 9.68. The van der Waals surface area contributed by atoms with Crippen LogP contribution in [0.2, 0.25) is 0 Å². The maximum absolute atomic E-state index is 12.3. The summed E-state index contributed by atoms with van der Waals surface area (Å²) in [7, 11) is -3.51. The van der Waals surface area contributed by atoms with Crippen molar-refractivity contribution in [3.8, 4) is 0 Å². The number of hydrogen-bond donors (Lipinski definition) is 1. The molecule has 1 heterocycles. The smallest absolute Gasteiger partial charge is 0.186 e. The number of pyridine rings is 1. The highest BCUT2D eigenvalue weighted by Gasteiger charge is 2.19. The summed E-state index contributed by atoms with van der Waals surface area (Å²) in [6.45, 7) is 0. The summed E-state index contributed by atoms with van der Waals surface area (Å²) in [5.41, 5.74) is 6.44. The molecule has 0 radical (unpaired) electrons. The number of sulfone groups is 1. The summed E-state index contributed by atoms with van der Waals surface area (Å²) in [5, 5.41) is 0. The van der Waals surface area contributed by atoms with Gasteiger partial charge in [-0.2, -0.15) is 0 Å². The minimum absolute atomic E-state index is 0.117. The predicted octanol–water partition coefficient (Wildman–Crippen LogP) is 3.16. The maximum atomic E-state index is 12.3. The predicted molar refractivity (Wildman–Crippen MR) is 81.4 cm³/mol. The lowest BCUT2D eigenvalue weighted by molar-refractivity contribution is 0.595. The van der Waals surface area contributed by atoms with Crippen LogP contribution in [0.25, 0.3) is 0 Å². The summed E-state index contributed by atoms with van der Waals surface area (Å²) in [4.78, 5) is 4.18. The van der Waals surface area contributed by atoms with E-state index in [0.717, 1.165) is 4.47 Å². The van der Waals surface area contributed by atoms with Crippen LogP contribution in [0.15, 0.2) is 50.4 Å². The molecule has 2 aromatic rings. The summed E-state index contributed by atoms with van der Waals surface area (Å²) in [5.74, 6) is -0.180. The lowest BCUT2D eigenvalue weighted by Crippen LogP contribution is -2.09. The van der Waals surface area contributed by atoms with E-state index in [0.29, 0.717) is 10.2 Å². The van der Waals surface area contributed by atoms with Gasteiger partial charge < -0.3 is 5.73 Å². The van der Waals surface area contributed by atoms with Gasteiger partial charge in [0.2, 0.25) is 0 Å². The number of anilines is 1. The second-order valence-corrected chi connectivity index (χ2v) is 7.70. The van der Waals surface area contributed by atoms with Gasteiger partial charge in [0.15, 0.2) is 9.84 Å². The largest absolute Gasteiger partial charge is 0.398 e. The molecule has 1 aromatic carbocycles. The first kappa shape index (κ1) is 14.5. The second kappa shape index (κ2) is 5.60. The summed E-state index contributed by atoms with van der Waals surface area (Å²) in [6, 6.07) is 8.18. The van der Waals surface area contributed by atoms with E-state index in [4.69, 9.17) is 5.73 Å². The molecule has 1 aromatic heterocycles. The molecule has 7 heteroatoms. The van der Waals surface area contributed by atoms with E-state index in [9.17, 15) is 8.42 Å². The van der Waals surface area contributed by atoms with Crippen LogP contribution < -0.4 is 5.73 Å². The van der Waals surface area contributed by atoms with E-state index in [-0.39, 0.29) is 16.3 Å². The highest BCUT2D eigenvalue weighted by Crippen LogP contribution is 2.25. The van der Waals surface area contributed by atoms with E-state index in [1.165, 1.54) is 6.07 Å². The summed E-state index contributed by atoms with van der Waals surface area (Å²) in [6.07, 6.45) is 1.56. The third-order valence-electron chi connectivity index (χ3n) is 2.44. The zero-order chi connectivity index (χ0) is 14.0. The molecule has 0 aliphatic heterocycles. The van der Waals surface area contributed by atoms with Crippen molar-refractivity contribution < 1.29 is 8.42 Å². The highest BCUT2D eigenvalue weighted by atomic mass is 79.9. The molecule has 2 N–H and O–H groups in total. The van der Waals surface area contributed by atoms with Crippen molar-refractivity contribution in [2.45, 2.75) is 10.6 Å². The van der Waals surface area contributed by atoms with Crippen molar-refractivity contribution in [1.82, 2.24) is 4.98 Å². The van der Waals surface area contributed by atoms with E-state index < -0.39 is 9.84 Å². The second-order valence-electron chi connectivity index (χ2n) is 3.91. The van der Waals surface area contributed by atoms with Crippen LogP contribution in [0.4, 0.5) is 5.69 Å². The van der Waals surface area contributed by atoms with Gasteiger partial charge in [-0.1, -0.05) is 15.9 Å². The molecule has 0 fully saturated rings. The lowest BCUT2D eigenvalue weighted by atomic mass is 10.3. The fourth-order valence-electron chi connectivity index (χ4n) is 1.54. The van der Waals surface area contributed by atoms with Crippen molar-refractivity contribution in [2.24, 2.45) is 0 Å². The molecule has 19 heavy (non-hydrogen) atoms. The Bertz CT molecular complexity index is 700. The van der Waals surface area contributed by atoms with E-state index in [1.807, 2.05) is 0 Å². The van der Waals surface area contributed by atoms with Gasteiger partial charge in [0.1, 0.15) is 0 Å². The highest BCUT2D eigenvalue weighted by molar-refractivity contribution is 9.10. The molecule has 0 saturated heterocycles. The summed E-state index contributed by atoms with van der Waals surface area (Å²) >= 11 is 6.49. The SMILES string of the molecule is Nc1ccc(Br)cc1S(=O)(=O)Cc1ccc(Br)cn1. The minimum atomic E-state index is -3.51. The van der Waals surface area contributed by atoms with Crippen molar-refractivity contribution in [3.63, 3.8) is 0 Å². The van der Waals surface area contributed by atoms with Crippen molar-refractivity contribution in [1.29, 1.82) is 0 Å². The Morgan fingerprint density at radius 2 is 1.79 bits per heavy atom. The van der Waals surface area contributed by atoms with E-state index in [2.05, 4.69) is 36.8 Å². The number of rotatable bonds is 3. The first-order valence-corrected chi connectivity index (χ1v) is 8.50. The van der Waals surface area contributed by atoms with E-state index >= 15 is 0 Å². The van der Waals surface area contributed by atoms with Gasteiger partial charge in [-0.25, -0.2) is 8.42 Å². The van der Waals surface area contributed by atoms with Crippen LogP contribution in [-0.4, -0.2) is 13.4 Å². The Kier molecular flexibility index (Phi) is 4.27. The van der Waals surface area contributed by atoms with Gasteiger partial charge in [0, 0.05) is 15.1 Å². The van der Waals surface area contributed by atoms with E-state index in [1.54, 1.807) is 30.5 Å². The quantitative estimate of drug-likeness (QED) is 0.796. The van der Waals surface area contributed by atoms with Gasteiger partial charge in [-0.05, 0) is 46.3 Å². The number of benzene rings is 1. The average molecular weight is 406 g/mol. The number of halogens is 2. The molecule has 4 nitrogen and oxygen atoms in total. The number of nitrogens with two attached hydrogens (primary N) is 1. The molecule has 0 aliphatic carbocycles. The number of aromatic nitrogens is 1. The van der Waals surface area contributed by atoms with Gasteiger partial charge in [0.25, 0.3) is 0 Å². The zero-order valence-corrected chi connectivity index (χ0v) is 13.7. The van der Waals surface area contributed by atoms with Crippen LogP contribution in [0.1, 0.15) is 5.69 Å².